The van der Waals surface area contributed by atoms with Crippen LogP contribution >= 0.6 is 0 Å². The van der Waals surface area contributed by atoms with Crippen molar-refractivity contribution in [1.29, 1.82) is 5.26 Å². The van der Waals surface area contributed by atoms with Crippen LogP contribution in [0.25, 0.3) is 11.4 Å². The van der Waals surface area contributed by atoms with Gasteiger partial charge in [-0.25, -0.2) is 9.97 Å². The van der Waals surface area contributed by atoms with Crippen LogP contribution in [-0.2, 0) is 0 Å². The van der Waals surface area contributed by atoms with Gasteiger partial charge in [-0.3, -0.25) is 4.68 Å². The fourth-order valence-electron chi connectivity index (χ4n) is 2.42. The van der Waals surface area contributed by atoms with Crippen LogP contribution in [0, 0.1) is 11.3 Å². The van der Waals surface area contributed by atoms with Crippen LogP contribution in [0.4, 0.5) is 17.3 Å². The maximum atomic E-state index is 8.75. The number of nitriles is 1. The topological polar surface area (TPSA) is 117 Å². The van der Waals surface area contributed by atoms with Crippen molar-refractivity contribution in [3.63, 3.8) is 0 Å². The standard InChI is InChI=1S/C16H15N9/c1-18-13-6-14(21-15-9-19-10(7-17)8-20-15)22-23-16(13)12-4-5-25(24-12)11-2-3-11/h4-6,8-9,11H,2-3H2,1H3,(H2,18,20,21,22). The molecule has 0 atom stereocenters. The van der Waals surface area contributed by atoms with Crippen LogP contribution < -0.4 is 10.6 Å². The van der Waals surface area contributed by atoms with Crippen LogP contribution in [0.1, 0.15) is 24.6 Å². The van der Waals surface area contributed by atoms with Gasteiger partial charge in [-0.2, -0.15) is 10.4 Å². The third-order valence-electron chi connectivity index (χ3n) is 3.86. The number of nitrogens with one attached hydrogen (secondary N) is 2. The lowest BCUT2D eigenvalue weighted by Gasteiger charge is -2.09. The predicted octanol–water partition coefficient (Wildman–Crippen LogP) is 2.12. The first-order valence-corrected chi connectivity index (χ1v) is 7.87. The highest BCUT2D eigenvalue weighted by atomic mass is 15.3. The van der Waals surface area contributed by atoms with Gasteiger partial charge >= 0.3 is 0 Å². The third-order valence-corrected chi connectivity index (χ3v) is 3.86. The molecule has 0 aromatic carbocycles. The zero-order valence-electron chi connectivity index (χ0n) is 13.5. The Morgan fingerprint density at radius 3 is 2.76 bits per heavy atom. The van der Waals surface area contributed by atoms with Crippen molar-refractivity contribution >= 4 is 17.3 Å². The predicted molar refractivity (Wildman–Crippen MR) is 91.1 cm³/mol. The van der Waals surface area contributed by atoms with Gasteiger partial charge in [0.15, 0.2) is 11.5 Å². The van der Waals surface area contributed by atoms with Crippen molar-refractivity contribution in [2.24, 2.45) is 0 Å². The fraction of sp³-hybridized carbons (Fsp3) is 0.250. The Hall–Kier alpha value is -3.54. The van der Waals surface area contributed by atoms with E-state index in [1.54, 1.807) is 0 Å². The first kappa shape index (κ1) is 15.0. The zero-order chi connectivity index (χ0) is 17.2. The highest BCUT2D eigenvalue weighted by Gasteiger charge is 2.25. The summed E-state index contributed by atoms with van der Waals surface area (Å²) in [7, 11) is 1.82. The Kier molecular flexibility index (Phi) is 3.70. The number of rotatable bonds is 5. The lowest BCUT2D eigenvalue weighted by Crippen LogP contribution is -2.03. The lowest BCUT2D eigenvalue weighted by molar-refractivity contribution is 0.643. The molecule has 1 aliphatic carbocycles. The molecule has 1 aliphatic rings. The molecule has 1 saturated carbocycles. The van der Waals surface area contributed by atoms with Crippen molar-refractivity contribution in [1.82, 2.24) is 29.9 Å². The normalized spacial score (nSPS) is 13.3. The molecule has 124 valence electrons. The molecule has 25 heavy (non-hydrogen) atoms. The van der Waals surface area contributed by atoms with Crippen LogP contribution in [0.5, 0.6) is 0 Å². The summed E-state index contributed by atoms with van der Waals surface area (Å²) in [6.45, 7) is 0. The molecule has 0 aliphatic heterocycles. The third kappa shape index (κ3) is 3.10. The van der Waals surface area contributed by atoms with Crippen LogP contribution in [0.3, 0.4) is 0 Å². The first-order valence-electron chi connectivity index (χ1n) is 7.87. The number of aromatic nitrogens is 6. The molecular formula is C16H15N9. The van der Waals surface area contributed by atoms with E-state index in [9.17, 15) is 0 Å². The molecule has 4 rings (SSSR count). The average molecular weight is 333 g/mol. The minimum absolute atomic E-state index is 0.258. The average Bonchev–Trinajstić information content (AvgIpc) is 3.39. The Balaban J connectivity index is 1.59. The highest BCUT2D eigenvalue weighted by molar-refractivity contribution is 5.73. The molecule has 1 fully saturated rings. The van der Waals surface area contributed by atoms with Crippen molar-refractivity contribution in [3.8, 4) is 17.5 Å². The van der Waals surface area contributed by atoms with Gasteiger partial charge in [-0.1, -0.05) is 0 Å². The minimum Gasteiger partial charge on any atom is -0.386 e. The van der Waals surface area contributed by atoms with Gasteiger partial charge in [0.25, 0.3) is 0 Å². The number of nitrogens with zero attached hydrogens (tertiary/aromatic N) is 7. The van der Waals surface area contributed by atoms with E-state index in [1.165, 1.54) is 25.2 Å². The maximum Gasteiger partial charge on any atom is 0.158 e. The van der Waals surface area contributed by atoms with Gasteiger partial charge < -0.3 is 10.6 Å². The van der Waals surface area contributed by atoms with E-state index < -0.39 is 0 Å². The largest absolute Gasteiger partial charge is 0.386 e. The molecule has 3 aromatic rings. The Morgan fingerprint density at radius 2 is 2.08 bits per heavy atom. The summed E-state index contributed by atoms with van der Waals surface area (Å²) in [6.07, 6.45) is 7.21. The van der Waals surface area contributed by atoms with Gasteiger partial charge in [-0.05, 0) is 18.9 Å². The SMILES string of the molecule is CNc1cc(Nc2cnc(C#N)cn2)nnc1-c1ccn(C2CC2)n1. The van der Waals surface area contributed by atoms with E-state index in [0.717, 1.165) is 11.4 Å². The van der Waals surface area contributed by atoms with Gasteiger partial charge in [-0.15, -0.1) is 10.2 Å². The molecule has 0 spiro atoms. The Labute approximate surface area is 143 Å². The van der Waals surface area contributed by atoms with E-state index in [1.807, 2.05) is 36.1 Å². The summed E-state index contributed by atoms with van der Waals surface area (Å²) in [4.78, 5) is 8.07. The number of anilines is 3. The second-order valence-corrected chi connectivity index (χ2v) is 5.68. The van der Waals surface area contributed by atoms with Gasteiger partial charge in [0.2, 0.25) is 0 Å². The molecule has 0 unspecified atom stereocenters. The lowest BCUT2D eigenvalue weighted by atomic mass is 10.2. The number of hydrogen-bond donors (Lipinski definition) is 2. The summed E-state index contributed by atoms with van der Waals surface area (Å²) in [5, 5.41) is 28.0. The second kappa shape index (κ2) is 6.16. The van der Waals surface area contributed by atoms with E-state index in [2.05, 4.69) is 35.9 Å². The van der Waals surface area contributed by atoms with E-state index in [0.29, 0.717) is 23.4 Å². The molecule has 3 aromatic heterocycles. The molecule has 9 heteroatoms. The number of hydrogen-bond acceptors (Lipinski definition) is 8. The zero-order valence-corrected chi connectivity index (χ0v) is 13.5. The van der Waals surface area contributed by atoms with Crippen molar-refractivity contribution in [2.45, 2.75) is 18.9 Å². The molecule has 9 nitrogen and oxygen atoms in total. The molecule has 0 bridgehead atoms. The Bertz CT molecular complexity index is 935. The summed E-state index contributed by atoms with van der Waals surface area (Å²) >= 11 is 0. The summed E-state index contributed by atoms with van der Waals surface area (Å²) in [5.74, 6) is 1.01. The molecule has 0 saturated heterocycles. The van der Waals surface area contributed by atoms with Crippen molar-refractivity contribution < 1.29 is 0 Å². The molecule has 0 radical (unpaired) electrons. The quantitative estimate of drug-likeness (QED) is 0.729. The highest BCUT2D eigenvalue weighted by Crippen LogP contribution is 2.35. The molecule has 2 N–H and O–H groups in total. The maximum absolute atomic E-state index is 8.75. The monoisotopic (exact) mass is 333 g/mol. The van der Waals surface area contributed by atoms with Crippen LogP contribution in [-0.4, -0.2) is 37.0 Å². The first-order chi connectivity index (χ1) is 12.3. The molecule has 0 amide bonds. The van der Waals surface area contributed by atoms with Crippen LogP contribution in [0.2, 0.25) is 0 Å². The summed E-state index contributed by atoms with van der Waals surface area (Å²) in [5.41, 5.74) is 2.54. The smallest absolute Gasteiger partial charge is 0.158 e. The van der Waals surface area contributed by atoms with Gasteiger partial charge in [0.05, 0.1) is 24.1 Å². The van der Waals surface area contributed by atoms with Gasteiger partial charge in [0.1, 0.15) is 23.3 Å². The minimum atomic E-state index is 0.258. The molecule has 3 heterocycles. The second-order valence-electron chi connectivity index (χ2n) is 5.68. The van der Waals surface area contributed by atoms with Crippen molar-refractivity contribution in [2.75, 3.05) is 17.7 Å². The fourth-order valence-corrected chi connectivity index (χ4v) is 2.42. The van der Waals surface area contributed by atoms with E-state index in [-0.39, 0.29) is 5.69 Å². The van der Waals surface area contributed by atoms with Crippen LogP contribution in [0.15, 0.2) is 30.7 Å². The van der Waals surface area contributed by atoms with E-state index in [4.69, 9.17) is 5.26 Å². The van der Waals surface area contributed by atoms with Gasteiger partial charge in [0, 0.05) is 19.3 Å². The Morgan fingerprint density at radius 1 is 1.20 bits per heavy atom. The van der Waals surface area contributed by atoms with Crippen molar-refractivity contribution in [3.05, 3.63) is 36.4 Å². The summed E-state index contributed by atoms with van der Waals surface area (Å²) in [6, 6.07) is 6.23. The van der Waals surface area contributed by atoms with E-state index >= 15 is 0 Å². The molecular weight excluding hydrogens is 318 g/mol. The summed E-state index contributed by atoms with van der Waals surface area (Å²) < 4.78 is 1.98.